The number of hydrogen-bond acceptors (Lipinski definition) is 3. The number of pyridine rings is 1. The first-order valence-electron chi connectivity index (χ1n) is 7.58. The minimum atomic E-state index is -0.996. The minimum Gasteiger partial charge on any atom is -0.368 e. The Bertz CT molecular complexity index is 785. The van der Waals surface area contributed by atoms with Gasteiger partial charge in [-0.1, -0.05) is 18.9 Å². The van der Waals surface area contributed by atoms with E-state index < -0.39 is 23.2 Å². The van der Waals surface area contributed by atoms with Gasteiger partial charge in [-0.25, -0.2) is 4.39 Å². The van der Waals surface area contributed by atoms with Crippen LogP contribution in [0.3, 0.4) is 0 Å². The molecular formula is C17H18FN3O2. The fraction of sp³-hybridized carbons (Fsp3) is 0.353. The lowest BCUT2D eigenvalue weighted by molar-refractivity contribution is -0.127. The van der Waals surface area contributed by atoms with E-state index in [0.29, 0.717) is 23.7 Å². The van der Waals surface area contributed by atoms with Crippen molar-refractivity contribution in [2.45, 2.75) is 31.2 Å². The number of hydrogen-bond donors (Lipinski definition) is 1. The van der Waals surface area contributed by atoms with Crippen LogP contribution in [0.4, 0.5) is 4.39 Å². The molecule has 1 saturated carbocycles. The molecular weight excluding hydrogens is 297 g/mol. The van der Waals surface area contributed by atoms with Crippen LogP contribution in [0, 0.1) is 5.82 Å². The number of likely N-dealkylation sites (N-methyl/N-ethyl adjacent to an activating group) is 1. The zero-order valence-electron chi connectivity index (χ0n) is 12.9. The predicted octanol–water partition coefficient (Wildman–Crippen LogP) is 2.24. The molecule has 23 heavy (non-hydrogen) atoms. The molecule has 1 aromatic heterocycles. The highest BCUT2D eigenvalue weighted by atomic mass is 19.1. The second kappa shape index (κ2) is 5.61. The van der Waals surface area contributed by atoms with E-state index in [1.807, 2.05) is 0 Å². The molecule has 0 bridgehead atoms. The monoisotopic (exact) mass is 315 g/mol. The summed E-state index contributed by atoms with van der Waals surface area (Å²) in [6, 6.07) is 5.87. The molecule has 5 nitrogen and oxygen atoms in total. The van der Waals surface area contributed by atoms with Gasteiger partial charge in [0.25, 0.3) is 5.91 Å². The van der Waals surface area contributed by atoms with Gasteiger partial charge in [0.1, 0.15) is 11.4 Å². The highest BCUT2D eigenvalue weighted by molar-refractivity contribution is 6.07. The number of benzene rings is 1. The molecule has 1 aliphatic carbocycles. The predicted molar refractivity (Wildman–Crippen MR) is 84.2 cm³/mol. The summed E-state index contributed by atoms with van der Waals surface area (Å²) in [5.41, 5.74) is 5.14. The zero-order valence-corrected chi connectivity index (χ0v) is 12.9. The Kier molecular flexibility index (Phi) is 3.75. The Morgan fingerprint density at radius 1 is 1.30 bits per heavy atom. The number of amides is 2. The van der Waals surface area contributed by atoms with Crippen molar-refractivity contribution in [2.75, 3.05) is 7.05 Å². The number of carbonyl (C=O) groups excluding carboxylic acids is 2. The molecule has 0 spiro atoms. The summed E-state index contributed by atoms with van der Waals surface area (Å²) in [4.78, 5) is 30.4. The van der Waals surface area contributed by atoms with Crippen molar-refractivity contribution in [1.29, 1.82) is 0 Å². The topological polar surface area (TPSA) is 76.3 Å². The Morgan fingerprint density at radius 3 is 2.65 bits per heavy atom. The SMILES string of the molecule is CN(C(=O)c1cc(F)cc2cccnc12)C1(C(N)=O)CCCC1. The summed E-state index contributed by atoms with van der Waals surface area (Å²) in [6.45, 7) is 0. The van der Waals surface area contributed by atoms with Crippen molar-refractivity contribution in [2.24, 2.45) is 5.73 Å². The van der Waals surface area contributed by atoms with Gasteiger partial charge in [0.05, 0.1) is 11.1 Å². The van der Waals surface area contributed by atoms with Crippen LogP contribution in [0.5, 0.6) is 0 Å². The molecule has 0 unspecified atom stereocenters. The first-order chi connectivity index (χ1) is 11.0. The van der Waals surface area contributed by atoms with E-state index in [1.165, 1.54) is 11.0 Å². The molecule has 1 heterocycles. The maximum Gasteiger partial charge on any atom is 0.256 e. The van der Waals surface area contributed by atoms with E-state index in [9.17, 15) is 14.0 Å². The van der Waals surface area contributed by atoms with E-state index in [2.05, 4.69) is 4.98 Å². The van der Waals surface area contributed by atoms with Crippen molar-refractivity contribution in [3.63, 3.8) is 0 Å². The third-order valence-electron chi connectivity index (χ3n) is 4.74. The molecule has 0 saturated heterocycles. The number of nitrogens with two attached hydrogens (primary N) is 1. The fourth-order valence-electron chi connectivity index (χ4n) is 3.40. The lowest BCUT2D eigenvalue weighted by Crippen LogP contribution is -2.56. The van der Waals surface area contributed by atoms with E-state index >= 15 is 0 Å². The van der Waals surface area contributed by atoms with Gasteiger partial charge in [0.15, 0.2) is 0 Å². The van der Waals surface area contributed by atoms with Gasteiger partial charge in [0.2, 0.25) is 5.91 Å². The second-order valence-electron chi connectivity index (χ2n) is 6.00. The maximum atomic E-state index is 13.9. The van der Waals surface area contributed by atoms with Crippen LogP contribution in [0.25, 0.3) is 10.9 Å². The fourth-order valence-corrected chi connectivity index (χ4v) is 3.40. The molecule has 6 heteroatoms. The van der Waals surface area contributed by atoms with Crippen molar-refractivity contribution < 1.29 is 14.0 Å². The van der Waals surface area contributed by atoms with E-state index in [1.54, 1.807) is 25.4 Å². The highest BCUT2D eigenvalue weighted by Gasteiger charge is 2.45. The van der Waals surface area contributed by atoms with Gasteiger partial charge < -0.3 is 10.6 Å². The van der Waals surface area contributed by atoms with Gasteiger partial charge in [-0.3, -0.25) is 14.6 Å². The summed E-state index contributed by atoms with van der Waals surface area (Å²) < 4.78 is 13.9. The van der Waals surface area contributed by atoms with Crippen LogP contribution in [0.2, 0.25) is 0 Å². The largest absolute Gasteiger partial charge is 0.368 e. The van der Waals surface area contributed by atoms with Crippen LogP contribution in [0.1, 0.15) is 36.0 Å². The molecule has 2 aromatic rings. The third-order valence-corrected chi connectivity index (χ3v) is 4.74. The summed E-state index contributed by atoms with van der Waals surface area (Å²) in [5, 5.41) is 0.545. The smallest absolute Gasteiger partial charge is 0.256 e. The number of nitrogens with zero attached hydrogens (tertiary/aromatic N) is 2. The molecule has 1 aromatic carbocycles. The molecule has 1 fully saturated rings. The number of halogens is 1. The highest BCUT2D eigenvalue weighted by Crippen LogP contribution is 2.35. The maximum absolute atomic E-state index is 13.9. The normalized spacial score (nSPS) is 16.4. The Hall–Kier alpha value is -2.50. The van der Waals surface area contributed by atoms with E-state index in [-0.39, 0.29) is 5.56 Å². The van der Waals surface area contributed by atoms with Crippen molar-refractivity contribution in [1.82, 2.24) is 9.88 Å². The average Bonchev–Trinajstić information content (AvgIpc) is 3.03. The number of carbonyl (C=O) groups is 2. The van der Waals surface area contributed by atoms with Crippen LogP contribution in [-0.4, -0.2) is 34.3 Å². The van der Waals surface area contributed by atoms with E-state index in [0.717, 1.165) is 18.9 Å². The molecule has 0 aliphatic heterocycles. The minimum absolute atomic E-state index is 0.149. The van der Waals surface area contributed by atoms with Crippen LogP contribution in [0.15, 0.2) is 30.5 Å². The van der Waals surface area contributed by atoms with Crippen molar-refractivity contribution in [3.8, 4) is 0 Å². The standard InChI is InChI=1S/C17H18FN3O2/c1-21(17(16(19)23)6-2-3-7-17)15(22)13-10-12(18)9-11-5-4-8-20-14(11)13/h4-5,8-10H,2-3,6-7H2,1H3,(H2,19,23). The molecule has 3 rings (SSSR count). The number of rotatable bonds is 3. The Morgan fingerprint density at radius 2 is 2.00 bits per heavy atom. The summed E-state index contributed by atoms with van der Waals surface area (Å²) in [5.74, 6) is -1.46. The van der Waals surface area contributed by atoms with Gasteiger partial charge in [-0.2, -0.15) is 0 Å². The molecule has 0 atom stereocenters. The van der Waals surface area contributed by atoms with Gasteiger partial charge in [-0.15, -0.1) is 0 Å². The van der Waals surface area contributed by atoms with Crippen molar-refractivity contribution in [3.05, 3.63) is 41.8 Å². The third kappa shape index (κ3) is 2.44. The van der Waals surface area contributed by atoms with Crippen LogP contribution in [-0.2, 0) is 4.79 Å². The molecule has 2 N–H and O–H groups in total. The molecule has 2 amide bonds. The van der Waals surface area contributed by atoms with Crippen LogP contribution < -0.4 is 5.73 Å². The molecule has 1 aliphatic rings. The summed E-state index contributed by atoms with van der Waals surface area (Å²) >= 11 is 0. The number of fused-ring (bicyclic) bond motifs is 1. The lowest BCUT2D eigenvalue weighted by Gasteiger charge is -2.36. The first kappa shape index (κ1) is 15.4. The Labute approximate surface area is 133 Å². The van der Waals surface area contributed by atoms with E-state index in [4.69, 9.17) is 5.73 Å². The summed E-state index contributed by atoms with van der Waals surface area (Å²) in [6.07, 6.45) is 4.29. The van der Waals surface area contributed by atoms with Gasteiger partial charge in [0, 0.05) is 18.6 Å². The lowest BCUT2D eigenvalue weighted by atomic mass is 9.93. The summed E-state index contributed by atoms with van der Waals surface area (Å²) in [7, 11) is 1.55. The molecule has 0 radical (unpaired) electrons. The van der Waals surface area contributed by atoms with Crippen LogP contribution >= 0.6 is 0 Å². The number of primary amides is 1. The second-order valence-corrected chi connectivity index (χ2v) is 6.00. The first-order valence-corrected chi connectivity index (χ1v) is 7.58. The van der Waals surface area contributed by atoms with Gasteiger partial charge >= 0.3 is 0 Å². The Balaban J connectivity index is 2.08. The average molecular weight is 315 g/mol. The number of aromatic nitrogens is 1. The zero-order chi connectivity index (χ0) is 16.6. The molecule has 120 valence electrons. The van der Waals surface area contributed by atoms with Crippen molar-refractivity contribution >= 4 is 22.7 Å². The quantitative estimate of drug-likeness (QED) is 0.943. The van der Waals surface area contributed by atoms with Gasteiger partial charge in [-0.05, 0) is 31.0 Å².